The molecule has 0 amide bonds. The summed E-state index contributed by atoms with van der Waals surface area (Å²) >= 11 is 0. The minimum Gasteiger partial charge on any atom is -0.497 e. The Morgan fingerprint density at radius 3 is 3.06 bits per heavy atom. The van der Waals surface area contributed by atoms with Gasteiger partial charge < -0.3 is 15.0 Å². The minimum absolute atomic E-state index is 0.00740. The van der Waals surface area contributed by atoms with E-state index < -0.39 is 0 Å². The monoisotopic (exact) mass is 223 g/mol. The molecule has 3 heteroatoms. The van der Waals surface area contributed by atoms with Crippen molar-refractivity contribution in [2.24, 2.45) is 0 Å². The van der Waals surface area contributed by atoms with Gasteiger partial charge in [0.25, 0.3) is 0 Å². The topological polar surface area (TPSA) is 24.5 Å². The van der Waals surface area contributed by atoms with Crippen LogP contribution in [-0.2, 0) is 0 Å². The van der Waals surface area contributed by atoms with Crippen molar-refractivity contribution in [1.82, 2.24) is 4.90 Å². The maximum Gasteiger partial charge on any atom is 0.119 e. The number of nitrogens with one attached hydrogen (secondary N) is 1. The quantitative estimate of drug-likeness (QED) is 0.846. The Kier molecular flexibility index (Phi) is 2.36. The Morgan fingerprint density at radius 2 is 2.38 bits per heavy atom. The first-order valence-corrected chi connectivity index (χ1v) is 5.53. The average molecular weight is 223 g/mol. The number of benzene rings is 1. The summed E-state index contributed by atoms with van der Waals surface area (Å²) in [4.78, 5) is 2.11. The molecule has 3 nitrogen and oxygen atoms in total. The maximum atomic E-state index is 8.20. The van der Waals surface area contributed by atoms with Crippen molar-refractivity contribution in [3.8, 4) is 5.75 Å². The van der Waals surface area contributed by atoms with Crippen LogP contribution in [0.25, 0.3) is 0 Å². The Balaban J connectivity index is 2.41. The van der Waals surface area contributed by atoms with Crippen LogP contribution in [0.3, 0.4) is 0 Å². The van der Waals surface area contributed by atoms with Gasteiger partial charge in [-0.25, -0.2) is 0 Å². The molecule has 1 unspecified atom stereocenters. The molecule has 0 aliphatic carbocycles. The number of anilines is 1. The van der Waals surface area contributed by atoms with Crippen LogP contribution >= 0.6 is 0 Å². The van der Waals surface area contributed by atoms with Gasteiger partial charge in [-0.1, -0.05) is 0 Å². The largest absolute Gasteiger partial charge is 0.497 e. The number of nitrogens with zero attached hydrogens (tertiary/aromatic N) is 1. The molecule has 0 saturated carbocycles. The normalized spacial score (nSPS) is 21.0. The molecule has 16 heavy (non-hydrogen) atoms. The molecule has 0 spiro atoms. The molecular formula is C13H20N2O. The van der Waals surface area contributed by atoms with Crippen LogP contribution in [0.1, 0.15) is 22.0 Å². The fraction of sp³-hybridized carbons (Fsp3) is 0.538. The van der Waals surface area contributed by atoms with Crippen LogP contribution in [0.5, 0.6) is 5.75 Å². The highest BCUT2D eigenvalue weighted by atomic mass is 16.5. The lowest BCUT2D eigenvalue weighted by atomic mass is 9.97. The Bertz CT molecular complexity index is 492. The lowest BCUT2D eigenvalue weighted by molar-refractivity contribution is 0.385. The third-order valence-electron chi connectivity index (χ3n) is 2.88. The zero-order valence-electron chi connectivity index (χ0n) is 13.1. The first-order chi connectivity index (χ1) is 8.97. The van der Waals surface area contributed by atoms with Gasteiger partial charge in [0, 0.05) is 18.2 Å². The molecule has 0 saturated heterocycles. The molecule has 88 valence electrons. The van der Waals surface area contributed by atoms with Gasteiger partial charge in [0.15, 0.2) is 0 Å². The zero-order valence-corrected chi connectivity index (χ0v) is 10.1. The summed E-state index contributed by atoms with van der Waals surface area (Å²) in [6.45, 7) is 1.66. The molecule has 1 aliphatic heterocycles. The molecule has 1 N–H and O–H groups in total. The second-order valence-corrected chi connectivity index (χ2v) is 4.37. The Labute approximate surface area is 102 Å². The predicted octanol–water partition coefficient (Wildman–Crippen LogP) is 2.16. The minimum atomic E-state index is -0.00740. The van der Waals surface area contributed by atoms with Gasteiger partial charge in [0.2, 0.25) is 0 Å². The van der Waals surface area contributed by atoms with Crippen molar-refractivity contribution >= 4 is 5.69 Å². The number of fused-ring (bicyclic) bond motifs is 1. The molecule has 1 heterocycles. The first-order valence-electron chi connectivity index (χ1n) is 7.03. The summed E-state index contributed by atoms with van der Waals surface area (Å²) in [5, 5.41) is 3.17. The summed E-state index contributed by atoms with van der Waals surface area (Å²) in [7, 11) is 5.50. The SMILES string of the molecule is [2H]c1c([2H])c(OC)c([2H])c2c1NCC2CCN(C)C. The van der Waals surface area contributed by atoms with Gasteiger partial charge in [0.1, 0.15) is 5.75 Å². The van der Waals surface area contributed by atoms with Gasteiger partial charge >= 0.3 is 0 Å². The van der Waals surface area contributed by atoms with E-state index in [1.807, 2.05) is 14.1 Å². The van der Waals surface area contributed by atoms with E-state index in [-0.39, 0.29) is 29.8 Å². The van der Waals surface area contributed by atoms with Crippen molar-refractivity contribution in [2.45, 2.75) is 12.3 Å². The third-order valence-corrected chi connectivity index (χ3v) is 2.88. The van der Waals surface area contributed by atoms with Crippen molar-refractivity contribution in [3.05, 3.63) is 23.7 Å². The number of rotatable bonds is 4. The zero-order chi connectivity index (χ0) is 14.2. The molecule has 1 aliphatic rings. The number of ether oxygens (including phenoxy) is 1. The van der Waals surface area contributed by atoms with Gasteiger partial charge in [0.05, 0.1) is 11.2 Å². The van der Waals surface area contributed by atoms with Crippen LogP contribution in [0.2, 0.25) is 0 Å². The fourth-order valence-electron chi connectivity index (χ4n) is 1.94. The van der Waals surface area contributed by atoms with E-state index in [2.05, 4.69) is 10.2 Å². The summed E-state index contributed by atoms with van der Waals surface area (Å²) in [5.41, 5.74) is 1.47. The summed E-state index contributed by atoms with van der Waals surface area (Å²) in [6, 6.07) is 0.384. The maximum absolute atomic E-state index is 8.20. The van der Waals surface area contributed by atoms with Crippen LogP contribution < -0.4 is 10.1 Å². The third kappa shape index (κ3) is 2.30. The first kappa shape index (κ1) is 7.96. The summed E-state index contributed by atoms with van der Waals surface area (Å²) in [6.07, 6.45) is 0.929. The molecule has 1 atom stereocenters. The molecule has 0 fully saturated rings. The molecule has 0 radical (unpaired) electrons. The second-order valence-electron chi connectivity index (χ2n) is 4.37. The van der Waals surface area contributed by atoms with E-state index in [4.69, 9.17) is 8.85 Å². The van der Waals surface area contributed by atoms with Gasteiger partial charge in [-0.3, -0.25) is 0 Å². The molecule has 2 rings (SSSR count). The predicted molar refractivity (Wildman–Crippen MR) is 67.4 cm³/mol. The van der Waals surface area contributed by atoms with E-state index in [0.717, 1.165) is 25.1 Å². The van der Waals surface area contributed by atoms with Crippen LogP contribution in [0.4, 0.5) is 5.69 Å². The highest BCUT2D eigenvalue weighted by molar-refractivity contribution is 5.60. The van der Waals surface area contributed by atoms with E-state index >= 15 is 0 Å². The average Bonchev–Trinajstić information content (AvgIpc) is 2.78. The van der Waals surface area contributed by atoms with Crippen LogP contribution in [0, 0.1) is 0 Å². The van der Waals surface area contributed by atoms with Crippen molar-refractivity contribution in [3.63, 3.8) is 0 Å². The van der Waals surface area contributed by atoms with E-state index in [1.165, 1.54) is 7.11 Å². The van der Waals surface area contributed by atoms with E-state index in [1.54, 1.807) is 0 Å². The van der Waals surface area contributed by atoms with Crippen molar-refractivity contribution < 1.29 is 8.85 Å². The van der Waals surface area contributed by atoms with Crippen molar-refractivity contribution in [2.75, 3.05) is 39.6 Å². The molecular weight excluding hydrogens is 200 g/mol. The van der Waals surface area contributed by atoms with E-state index in [0.29, 0.717) is 5.69 Å². The van der Waals surface area contributed by atoms with E-state index in [9.17, 15) is 0 Å². The second kappa shape index (κ2) is 4.74. The number of hydrogen-bond donors (Lipinski definition) is 1. The highest BCUT2D eigenvalue weighted by Crippen LogP contribution is 2.35. The highest BCUT2D eigenvalue weighted by Gasteiger charge is 2.22. The van der Waals surface area contributed by atoms with Crippen molar-refractivity contribution in [1.29, 1.82) is 0 Å². The molecule has 0 aromatic heterocycles. The Morgan fingerprint density at radius 1 is 1.56 bits per heavy atom. The summed E-state index contributed by atoms with van der Waals surface area (Å²) < 4.78 is 29.2. The molecule has 0 bridgehead atoms. The van der Waals surface area contributed by atoms with Gasteiger partial charge in [-0.2, -0.15) is 0 Å². The van der Waals surface area contributed by atoms with Crippen LogP contribution in [-0.4, -0.2) is 39.2 Å². The standard InChI is InChI=1S/C13H20N2O/c1-15(2)7-6-10-9-14-13-5-4-11(16-3)8-12(10)13/h4-5,8,10,14H,6-7,9H2,1-3H3/i4D,5D,8D. The van der Waals surface area contributed by atoms with Crippen LogP contribution in [0.15, 0.2) is 18.1 Å². The molecule has 1 aromatic rings. The Hall–Kier alpha value is -1.22. The number of methoxy groups -OCH3 is 1. The fourth-order valence-corrected chi connectivity index (χ4v) is 1.94. The smallest absolute Gasteiger partial charge is 0.119 e. The number of hydrogen-bond acceptors (Lipinski definition) is 3. The summed E-state index contributed by atoms with van der Waals surface area (Å²) in [5.74, 6) is 0.422. The van der Waals surface area contributed by atoms with Gasteiger partial charge in [-0.15, -0.1) is 0 Å². The lowest BCUT2D eigenvalue weighted by Gasteiger charge is -2.14. The molecule has 1 aromatic carbocycles. The van der Waals surface area contributed by atoms with Gasteiger partial charge in [-0.05, 0) is 50.8 Å². The lowest BCUT2D eigenvalue weighted by Crippen LogP contribution is -2.16.